The zero-order chi connectivity index (χ0) is 20.1. The van der Waals surface area contributed by atoms with Crippen molar-refractivity contribution < 1.29 is 27.5 Å². The maximum atomic E-state index is 13.6. The van der Waals surface area contributed by atoms with Crippen LogP contribution in [0.4, 0.5) is 18.9 Å². The molecular weight excluding hydrogens is 406 g/mol. The zero-order valence-corrected chi connectivity index (χ0v) is 15.2. The van der Waals surface area contributed by atoms with Crippen molar-refractivity contribution in [3.05, 3.63) is 69.5 Å². The molecule has 0 bridgehead atoms. The van der Waals surface area contributed by atoms with E-state index in [4.69, 9.17) is 27.9 Å². The first kappa shape index (κ1) is 20.8. The number of halogens is 5. The Balaban J connectivity index is 1.99. The fraction of sp³-hybridized carbons (Fsp3) is 0.111. The first-order valence-electron chi connectivity index (χ1n) is 7.47. The Morgan fingerprint density at radius 3 is 2.52 bits per heavy atom. The van der Waals surface area contributed by atoms with Crippen molar-refractivity contribution in [1.29, 1.82) is 0 Å². The monoisotopic (exact) mass is 417 g/mol. The maximum absolute atomic E-state index is 13.6. The third kappa shape index (κ3) is 5.24. The minimum atomic E-state index is -1.72. The van der Waals surface area contributed by atoms with Gasteiger partial charge in [-0.3, -0.25) is 4.79 Å². The lowest BCUT2D eigenvalue weighted by Gasteiger charge is -2.13. The highest BCUT2D eigenvalue weighted by molar-refractivity contribution is 6.42. The lowest BCUT2D eigenvalue weighted by Crippen LogP contribution is -2.29. The molecule has 9 heteroatoms. The average molecular weight is 418 g/mol. The number of rotatable bonds is 5. The molecule has 0 aliphatic carbocycles. The summed E-state index contributed by atoms with van der Waals surface area (Å²) in [6.07, 6.45) is 1.04. The number of benzene rings is 2. The van der Waals surface area contributed by atoms with Gasteiger partial charge in [0.25, 0.3) is 5.91 Å². The van der Waals surface area contributed by atoms with E-state index >= 15 is 0 Å². The molecule has 4 nitrogen and oxygen atoms in total. The molecular formula is C18H12Cl2F3NO3. The van der Waals surface area contributed by atoms with Crippen LogP contribution < -0.4 is 5.32 Å². The van der Waals surface area contributed by atoms with E-state index in [0.717, 1.165) is 12.1 Å². The molecule has 0 saturated carbocycles. The second kappa shape index (κ2) is 8.92. The van der Waals surface area contributed by atoms with Crippen LogP contribution in [-0.4, -0.2) is 18.0 Å². The van der Waals surface area contributed by atoms with Crippen molar-refractivity contribution in [2.75, 3.05) is 5.32 Å². The van der Waals surface area contributed by atoms with Crippen LogP contribution in [0.3, 0.4) is 0 Å². The number of anilines is 1. The fourth-order valence-electron chi connectivity index (χ4n) is 1.93. The van der Waals surface area contributed by atoms with Crippen LogP contribution in [-0.2, 0) is 14.3 Å². The number of amides is 1. The van der Waals surface area contributed by atoms with Crippen LogP contribution in [0.1, 0.15) is 12.5 Å². The van der Waals surface area contributed by atoms with Gasteiger partial charge in [0.15, 0.2) is 23.6 Å². The highest BCUT2D eigenvalue weighted by atomic mass is 35.5. The summed E-state index contributed by atoms with van der Waals surface area (Å²) in [5.74, 6) is -6.48. The van der Waals surface area contributed by atoms with Gasteiger partial charge in [-0.05, 0) is 36.8 Å². The van der Waals surface area contributed by atoms with E-state index < -0.39 is 41.1 Å². The van der Waals surface area contributed by atoms with Crippen molar-refractivity contribution >= 4 is 46.8 Å². The average Bonchev–Trinajstić information content (AvgIpc) is 2.63. The fourth-order valence-corrected chi connectivity index (χ4v) is 2.30. The lowest BCUT2D eigenvalue weighted by molar-refractivity contribution is -0.148. The van der Waals surface area contributed by atoms with E-state index in [9.17, 15) is 22.8 Å². The molecule has 2 rings (SSSR count). The Kier molecular flexibility index (Phi) is 6.87. The van der Waals surface area contributed by atoms with Crippen LogP contribution in [0.15, 0.2) is 36.4 Å². The van der Waals surface area contributed by atoms with E-state index in [1.165, 1.54) is 13.0 Å². The Morgan fingerprint density at radius 2 is 1.81 bits per heavy atom. The van der Waals surface area contributed by atoms with Crippen LogP contribution in [0.2, 0.25) is 10.0 Å². The number of carbonyl (C=O) groups excluding carboxylic acids is 2. The second-order valence-electron chi connectivity index (χ2n) is 5.27. The molecule has 0 aliphatic heterocycles. The Morgan fingerprint density at radius 1 is 1.11 bits per heavy atom. The van der Waals surface area contributed by atoms with Gasteiger partial charge in [0.05, 0.1) is 15.7 Å². The summed E-state index contributed by atoms with van der Waals surface area (Å²) in [7, 11) is 0. The first-order chi connectivity index (χ1) is 12.7. The van der Waals surface area contributed by atoms with E-state index in [0.29, 0.717) is 16.7 Å². The first-order valence-corrected chi connectivity index (χ1v) is 8.23. The summed E-state index contributed by atoms with van der Waals surface area (Å²) in [5.41, 5.74) is -0.120. The van der Waals surface area contributed by atoms with E-state index in [1.807, 2.05) is 5.32 Å². The summed E-state index contributed by atoms with van der Waals surface area (Å²) in [4.78, 5) is 23.7. The summed E-state index contributed by atoms with van der Waals surface area (Å²) >= 11 is 11.8. The molecule has 0 radical (unpaired) electrons. The Bertz CT molecular complexity index is 919. The third-order valence-electron chi connectivity index (χ3n) is 3.34. The minimum absolute atomic E-state index is 0.239. The SMILES string of the molecule is CC(OC(=O)/C=C/c1cccc(Cl)c1Cl)C(=O)Nc1ccc(F)c(F)c1F. The van der Waals surface area contributed by atoms with Crippen LogP contribution in [0.5, 0.6) is 0 Å². The molecule has 1 N–H and O–H groups in total. The van der Waals surface area contributed by atoms with Crippen LogP contribution >= 0.6 is 23.2 Å². The molecule has 2 aromatic carbocycles. The standard InChI is InChI=1S/C18H12Cl2F3NO3/c1-9(18(26)24-13-7-6-12(21)16(22)17(13)23)27-14(25)8-5-10-3-2-4-11(19)15(10)20/h2-9H,1H3,(H,24,26)/b8-5+. The molecule has 0 aliphatic rings. The minimum Gasteiger partial charge on any atom is -0.449 e. The smallest absolute Gasteiger partial charge is 0.331 e. The van der Waals surface area contributed by atoms with Crippen molar-refractivity contribution in [3.8, 4) is 0 Å². The van der Waals surface area contributed by atoms with Gasteiger partial charge in [0.2, 0.25) is 0 Å². The number of esters is 1. The summed E-state index contributed by atoms with van der Waals surface area (Å²) in [6.45, 7) is 1.23. The third-order valence-corrected chi connectivity index (χ3v) is 4.17. The molecule has 2 aromatic rings. The molecule has 27 heavy (non-hydrogen) atoms. The summed E-state index contributed by atoms with van der Waals surface area (Å²) < 4.78 is 44.5. The van der Waals surface area contributed by atoms with Crippen molar-refractivity contribution in [1.82, 2.24) is 0 Å². The maximum Gasteiger partial charge on any atom is 0.331 e. The van der Waals surface area contributed by atoms with Crippen LogP contribution in [0.25, 0.3) is 6.08 Å². The predicted octanol–water partition coefficient (Wildman–Crippen LogP) is 4.99. The van der Waals surface area contributed by atoms with Crippen molar-refractivity contribution in [2.24, 2.45) is 0 Å². The van der Waals surface area contributed by atoms with Crippen molar-refractivity contribution in [3.63, 3.8) is 0 Å². The normalized spacial score (nSPS) is 12.1. The molecule has 1 atom stereocenters. The van der Waals surface area contributed by atoms with Gasteiger partial charge in [-0.2, -0.15) is 0 Å². The zero-order valence-electron chi connectivity index (χ0n) is 13.7. The van der Waals surface area contributed by atoms with Crippen LogP contribution in [0, 0.1) is 17.5 Å². The van der Waals surface area contributed by atoms with E-state index in [1.54, 1.807) is 18.2 Å². The number of ether oxygens (including phenoxy) is 1. The van der Waals surface area contributed by atoms with Gasteiger partial charge >= 0.3 is 5.97 Å². The van der Waals surface area contributed by atoms with Gasteiger partial charge < -0.3 is 10.1 Å². The molecule has 1 amide bonds. The number of nitrogens with one attached hydrogen (secondary N) is 1. The van der Waals surface area contributed by atoms with E-state index in [-0.39, 0.29) is 5.02 Å². The van der Waals surface area contributed by atoms with Gasteiger partial charge in [0.1, 0.15) is 0 Å². The van der Waals surface area contributed by atoms with E-state index in [2.05, 4.69) is 0 Å². The summed E-state index contributed by atoms with van der Waals surface area (Å²) in [5, 5.41) is 2.55. The van der Waals surface area contributed by atoms with Crippen molar-refractivity contribution in [2.45, 2.75) is 13.0 Å². The highest BCUT2D eigenvalue weighted by Gasteiger charge is 2.20. The largest absolute Gasteiger partial charge is 0.449 e. The molecule has 1 unspecified atom stereocenters. The highest BCUT2D eigenvalue weighted by Crippen LogP contribution is 2.26. The molecule has 0 fully saturated rings. The molecule has 0 spiro atoms. The molecule has 0 heterocycles. The molecule has 0 saturated heterocycles. The summed E-state index contributed by atoms with van der Waals surface area (Å²) in [6, 6.07) is 6.32. The quantitative estimate of drug-likeness (QED) is 0.423. The van der Waals surface area contributed by atoms with Gasteiger partial charge in [-0.25, -0.2) is 18.0 Å². The molecule has 0 aromatic heterocycles. The Labute approximate surface area is 162 Å². The van der Waals surface area contributed by atoms with Gasteiger partial charge in [-0.15, -0.1) is 0 Å². The number of carbonyl (C=O) groups is 2. The second-order valence-corrected chi connectivity index (χ2v) is 6.05. The predicted molar refractivity (Wildman–Crippen MR) is 96.0 cm³/mol. The number of hydrogen-bond acceptors (Lipinski definition) is 3. The van der Waals surface area contributed by atoms with Gasteiger partial charge in [-0.1, -0.05) is 35.3 Å². The lowest BCUT2D eigenvalue weighted by atomic mass is 10.2. The molecule has 142 valence electrons. The number of hydrogen-bond donors (Lipinski definition) is 1. The Hall–Kier alpha value is -2.51. The topological polar surface area (TPSA) is 55.4 Å². The van der Waals surface area contributed by atoms with Gasteiger partial charge in [0, 0.05) is 6.08 Å².